The smallest absolute Gasteiger partial charge is 0.240 e. The van der Waals surface area contributed by atoms with E-state index in [0.717, 1.165) is 24.8 Å². The van der Waals surface area contributed by atoms with E-state index in [2.05, 4.69) is 30.8 Å². The monoisotopic (exact) mass is 310 g/mol. The van der Waals surface area contributed by atoms with Gasteiger partial charge in [-0.2, -0.15) is 0 Å². The molecule has 5 heteroatoms. The Bertz CT molecular complexity index is 569. The van der Waals surface area contributed by atoms with Crippen molar-refractivity contribution < 1.29 is 8.42 Å². The first-order chi connectivity index (χ1) is 9.92. The third-order valence-electron chi connectivity index (χ3n) is 3.81. The fraction of sp³-hybridized carbons (Fsp3) is 0.625. The summed E-state index contributed by atoms with van der Waals surface area (Å²) < 4.78 is 27.6. The molecule has 0 spiro atoms. The van der Waals surface area contributed by atoms with E-state index in [0.29, 0.717) is 23.4 Å². The van der Waals surface area contributed by atoms with Gasteiger partial charge in [0, 0.05) is 18.6 Å². The molecular formula is C16H26N2O2S. The van der Waals surface area contributed by atoms with E-state index in [1.807, 2.05) is 12.1 Å². The van der Waals surface area contributed by atoms with Gasteiger partial charge < -0.3 is 5.32 Å². The van der Waals surface area contributed by atoms with Crippen LogP contribution >= 0.6 is 0 Å². The van der Waals surface area contributed by atoms with Crippen molar-refractivity contribution in [3.05, 3.63) is 29.8 Å². The van der Waals surface area contributed by atoms with Crippen LogP contribution in [0.4, 0.5) is 0 Å². The van der Waals surface area contributed by atoms with Gasteiger partial charge in [-0.25, -0.2) is 13.1 Å². The normalized spacial score (nSPS) is 21.7. The van der Waals surface area contributed by atoms with Gasteiger partial charge in [0.15, 0.2) is 0 Å². The first kappa shape index (κ1) is 16.5. The molecule has 0 heterocycles. The molecule has 1 saturated carbocycles. The molecule has 0 bridgehead atoms. The molecule has 1 aliphatic rings. The molecule has 21 heavy (non-hydrogen) atoms. The molecule has 0 radical (unpaired) electrons. The van der Waals surface area contributed by atoms with Crippen molar-refractivity contribution in [2.24, 2.45) is 5.92 Å². The van der Waals surface area contributed by atoms with E-state index in [4.69, 9.17) is 0 Å². The lowest BCUT2D eigenvalue weighted by Crippen LogP contribution is -2.27. The third-order valence-corrected chi connectivity index (χ3v) is 5.30. The van der Waals surface area contributed by atoms with E-state index in [1.165, 1.54) is 0 Å². The zero-order chi connectivity index (χ0) is 15.5. The maximum absolute atomic E-state index is 12.4. The second-order valence-electron chi connectivity index (χ2n) is 6.20. The zero-order valence-corrected chi connectivity index (χ0v) is 13.9. The Balaban J connectivity index is 2.01. The largest absolute Gasteiger partial charge is 0.310 e. The molecule has 1 aromatic carbocycles. The molecular weight excluding hydrogens is 284 g/mol. The van der Waals surface area contributed by atoms with Crippen molar-refractivity contribution in [2.75, 3.05) is 0 Å². The number of nitrogens with one attached hydrogen (secondary N) is 2. The molecule has 0 saturated heterocycles. The summed E-state index contributed by atoms with van der Waals surface area (Å²) in [6.07, 6.45) is 3.19. The summed E-state index contributed by atoms with van der Waals surface area (Å²) in [6, 6.07) is 7.69. The molecule has 0 aliphatic heterocycles. The summed E-state index contributed by atoms with van der Waals surface area (Å²) in [7, 11) is -3.39. The Kier molecular flexibility index (Phi) is 5.41. The molecule has 118 valence electrons. The number of hydrogen-bond donors (Lipinski definition) is 2. The average Bonchev–Trinajstić information content (AvgIpc) is 3.14. The molecule has 2 atom stereocenters. The Morgan fingerprint density at radius 1 is 1.33 bits per heavy atom. The number of sulfonamides is 1. The van der Waals surface area contributed by atoms with Crippen LogP contribution < -0.4 is 10.0 Å². The maximum atomic E-state index is 12.4. The van der Waals surface area contributed by atoms with Crippen molar-refractivity contribution in [3.8, 4) is 0 Å². The third kappa shape index (κ3) is 4.80. The van der Waals surface area contributed by atoms with Crippen LogP contribution in [0.5, 0.6) is 0 Å². The highest BCUT2D eigenvalue weighted by Gasteiger charge is 2.39. The topological polar surface area (TPSA) is 58.2 Å². The SMILES string of the molecule is CCCC1CC1NS(=O)(=O)c1cccc(CNC(C)C)c1. The molecule has 1 aliphatic carbocycles. The molecule has 1 fully saturated rings. The number of hydrogen-bond acceptors (Lipinski definition) is 3. The van der Waals surface area contributed by atoms with Crippen LogP contribution in [0.15, 0.2) is 29.2 Å². The molecule has 0 aromatic heterocycles. The van der Waals surface area contributed by atoms with Gasteiger partial charge in [-0.15, -0.1) is 0 Å². The lowest BCUT2D eigenvalue weighted by Gasteiger charge is -2.10. The first-order valence-corrected chi connectivity index (χ1v) is 9.25. The van der Waals surface area contributed by atoms with E-state index >= 15 is 0 Å². The van der Waals surface area contributed by atoms with E-state index in [1.54, 1.807) is 12.1 Å². The van der Waals surface area contributed by atoms with Crippen LogP contribution in [0.3, 0.4) is 0 Å². The minimum absolute atomic E-state index is 0.132. The van der Waals surface area contributed by atoms with Crippen LogP contribution in [0.2, 0.25) is 0 Å². The molecule has 2 N–H and O–H groups in total. The fourth-order valence-corrected chi connectivity index (χ4v) is 3.88. The van der Waals surface area contributed by atoms with Gasteiger partial charge in [0.2, 0.25) is 10.0 Å². The van der Waals surface area contributed by atoms with Gasteiger partial charge in [-0.3, -0.25) is 0 Å². The van der Waals surface area contributed by atoms with Gasteiger partial charge in [-0.1, -0.05) is 39.3 Å². The van der Waals surface area contributed by atoms with Crippen molar-refractivity contribution in [3.63, 3.8) is 0 Å². The maximum Gasteiger partial charge on any atom is 0.240 e. The lowest BCUT2D eigenvalue weighted by atomic mass is 10.2. The summed E-state index contributed by atoms with van der Waals surface area (Å²) in [5.74, 6) is 0.524. The molecule has 4 nitrogen and oxygen atoms in total. The Morgan fingerprint density at radius 3 is 2.76 bits per heavy atom. The molecule has 0 amide bonds. The highest BCUT2D eigenvalue weighted by molar-refractivity contribution is 7.89. The van der Waals surface area contributed by atoms with Crippen molar-refractivity contribution >= 4 is 10.0 Å². The van der Waals surface area contributed by atoms with Crippen LogP contribution in [0, 0.1) is 5.92 Å². The standard InChI is InChI=1S/C16H26N2O2S/c1-4-6-14-10-16(14)18-21(19,20)15-8-5-7-13(9-15)11-17-12(2)3/h5,7-9,12,14,16-18H,4,6,10-11H2,1-3H3. The van der Waals surface area contributed by atoms with Crippen molar-refractivity contribution in [1.82, 2.24) is 10.0 Å². The summed E-state index contributed by atoms with van der Waals surface area (Å²) in [5.41, 5.74) is 0.993. The second-order valence-corrected chi connectivity index (χ2v) is 7.91. The van der Waals surface area contributed by atoms with Crippen LogP contribution in [0.1, 0.15) is 45.6 Å². The average molecular weight is 310 g/mol. The predicted octanol–water partition coefficient (Wildman–Crippen LogP) is 2.65. The van der Waals surface area contributed by atoms with Crippen LogP contribution in [-0.2, 0) is 16.6 Å². The second kappa shape index (κ2) is 6.90. The predicted molar refractivity (Wildman–Crippen MR) is 85.5 cm³/mol. The quantitative estimate of drug-likeness (QED) is 0.776. The summed E-state index contributed by atoms with van der Waals surface area (Å²) >= 11 is 0. The minimum atomic E-state index is -3.39. The van der Waals surface area contributed by atoms with Gasteiger partial charge >= 0.3 is 0 Å². The summed E-state index contributed by atoms with van der Waals surface area (Å²) in [4.78, 5) is 0.368. The van der Waals surface area contributed by atoms with E-state index in [9.17, 15) is 8.42 Å². The molecule has 2 unspecified atom stereocenters. The molecule has 2 rings (SSSR count). The molecule has 1 aromatic rings. The van der Waals surface area contributed by atoms with Crippen molar-refractivity contribution in [1.29, 1.82) is 0 Å². The van der Waals surface area contributed by atoms with E-state index < -0.39 is 10.0 Å². The van der Waals surface area contributed by atoms with Crippen molar-refractivity contribution in [2.45, 2.75) is 63.6 Å². The highest BCUT2D eigenvalue weighted by Crippen LogP contribution is 2.35. The summed E-state index contributed by atoms with van der Waals surface area (Å²) in [5, 5.41) is 3.30. The lowest BCUT2D eigenvalue weighted by molar-refractivity contribution is 0.571. The van der Waals surface area contributed by atoms with Crippen LogP contribution in [-0.4, -0.2) is 20.5 Å². The minimum Gasteiger partial charge on any atom is -0.310 e. The Labute approximate surface area is 128 Å². The van der Waals surface area contributed by atoms with Gasteiger partial charge in [-0.05, 0) is 36.5 Å². The Hall–Kier alpha value is -0.910. The first-order valence-electron chi connectivity index (χ1n) is 7.77. The van der Waals surface area contributed by atoms with Gasteiger partial charge in [0.1, 0.15) is 0 Å². The fourth-order valence-electron chi connectivity index (χ4n) is 2.49. The summed E-state index contributed by atoms with van der Waals surface area (Å²) in [6.45, 7) is 6.96. The highest BCUT2D eigenvalue weighted by atomic mass is 32.2. The Morgan fingerprint density at radius 2 is 2.10 bits per heavy atom. The van der Waals surface area contributed by atoms with Crippen LogP contribution in [0.25, 0.3) is 0 Å². The number of benzene rings is 1. The van der Waals surface area contributed by atoms with Gasteiger partial charge in [0.05, 0.1) is 4.90 Å². The van der Waals surface area contributed by atoms with E-state index in [-0.39, 0.29) is 6.04 Å². The van der Waals surface area contributed by atoms with Gasteiger partial charge in [0.25, 0.3) is 0 Å². The number of rotatable bonds is 8. The zero-order valence-electron chi connectivity index (χ0n) is 13.1.